The molecule has 2 heterocycles. The van der Waals surface area contributed by atoms with Crippen LogP contribution in [-0.4, -0.2) is 9.97 Å². The van der Waals surface area contributed by atoms with Gasteiger partial charge >= 0.3 is 0 Å². The van der Waals surface area contributed by atoms with Crippen molar-refractivity contribution in [2.24, 2.45) is 0 Å². The van der Waals surface area contributed by atoms with E-state index in [0.29, 0.717) is 0 Å². The van der Waals surface area contributed by atoms with E-state index in [1.807, 2.05) is 18.2 Å². The summed E-state index contributed by atoms with van der Waals surface area (Å²) in [6.45, 7) is 0. The summed E-state index contributed by atoms with van der Waals surface area (Å²) in [5.74, 6) is 0.744. The van der Waals surface area contributed by atoms with Gasteiger partial charge in [-0.1, -0.05) is 115 Å². The van der Waals surface area contributed by atoms with Crippen LogP contribution in [0.3, 0.4) is 0 Å². The summed E-state index contributed by atoms with van der Waals surface area (Å²) in [7, 11) is 0. The highest BCUT2D eigenvalue weighted by molar-refractivity contribution is 6.12. The fourth-order valence-electron chi connectivity index (χ4n) is 5.87. The maximum absolute atomic E-state index is 5.14. The molecule has 0 amide bonds. The fraction of sp³-hybridized carbons (Fsp3) is 0. The van der Waals surface area contributed by atoms with Crippen LogP contribution in [0.1, 0.15) is 0 Å². The largest absolute Gasteiger partial charge is 0.309 e. The first-order chi connectivity index (χ1) is 20.3. The maximum Gasteiger partial charge on any atom is 0.160 e. The topological polar surface area (TPSA) is 29.0 Å². The van der Waals surface area contributed by atoms with Crippen molar-refractivity contribution in [1.82, 2.24) is 9.97 Å². The van der Waals surface area contributed by atoms with E-state index >= 15 is 0 Å². The van der Waals surface area contributed by atoms with Crippen molar-refractivity contribution in [2.45, 2.75) is 0 Å². The highest BCUT2D eigenvalue weighted by Crippen LogP contribution is 2.50. The Hall–Kier alpha value is -5.54. The van der Waals surface area contributed by atoms with Gasteiger partial charge in [0.05, 0.1) is 28.0 Å². The Kier molecular flexibility index (Phi) is 5.46. The average molecular weight is 524 g/mol. The number of rotatable bonds is 4. The van der Waals surface area contributed by atoms with E-state index in [9.17, 15) is 0 Å². The van der Waals surface area contributed by atoms with Crippen LogP contribution >= 0.6 is 0 Å². The van der Waals surface area contributed by atoms with Crippen molar-refractivity contribution in [1.29, 1.82) is 0 Å². The van der Waals surface area contributed by atoms with Gasteiger partial charge in [0.1, 0.15) is 0 Å². The normalized spacial score (nSPS) is 11.9. The molecule has 0 aliphatic carbocycles. The minimum Gasteiger partial charge on any atom is -0.309 e. The van der Waals surface area contributed by atoms with Crippen LogP contribution in [0, 0.1) is 0 Å². The van der Waals surface area contributed by atoms with Crippen LogP contribution in [0.15, 0.2) is 152 Å². The SMILES string of the molecule is c1ccc(-c2cccc(-c3cccc(N4c5ccccc5-c5nc(-c6ccccc6)nc6cccc4c56)c3)c2)cc1. The molecule has 0 unspecified atom stereocenters. The van der Waals surface area contributed by atoms with Crippen molar-refractivity contribution < 1.29 is 0 Å². The van der Waals surface area contributed by atoms with Crippen LogP contribution in [0.25, 0.3) is 55.8 Å². The summed E-state index contributed by atoms with van der Waals surface area (Å²) in [6.07, 6.45) is 0. The van der Waals surface area contributed by atoms with Gasteiger partial charge in [0.15, 0.2) is 5.82 Å². The number of nitrogens with zero attached hydrogens (tertiary/aromatic N) is 3. The lowest BCUT2D eigenvalue weighted by Crippen LogP contribution is -2.16. The third-order valence-corrected chi connectivity index (χ3v) is 7.78. The van der Waals surface area contributed by atoms with Gasteiger partial charge in [0.25, 0.3) is 0 Å². The van der Waals surface area contributed by atoms with Gasteiger partial charge in [0.2, 0.25) is 0 Å². The molecule has 192 valence electrons. The van der Waals surface area contributed by atoms with Crippen molar-refractivity contribution >= 4 is 28.0 Å². The van der Waals surface area contributed by atoms with Crippen LogP contribution in [-0.2, 0) is 0 Å². The second-order valence-corrected chi connectivity index (χ2v) is 10.3. The molecule has 8 rings (SSSR count). The molecular weight excluding hydrogens is 498 g/mol. The van der Waals surface area contributed by atoms with Crippen molar-refractivity contribution in [2.75, 3.05) is 4.90 Å². The molecule has 3 nitrogen and oxygen atoms in total. The number of aromatic nitrogens is 2. The third-order valence-electron chi connectivity index (χ3n) is 7.78. The highest BCUT2D eigenvalue weighted by Gasteiger charge is 2.28. The Morgan fingerprint density at radius 1 is 0.415 bits per heavy atom. The standard InChI is InChI=1S/C38H25N3/c1-3-12-26(13-4-1)28-16-9-17-29(24-28)30-18-10-19-31(25-30)41-34-22-8-7-20-32(34)37-36-33(21-11-23-35(36)41)39-38(40-37)27-14-5-2-6-15-27/h1-25H. The van der Waals surface area contributed by atoms with Gasteiger partial charge in [-0.2, -0.15) is 0 Å². The monoisotopic (exact) mass is 523 g/mol. The Morgan fingerprint density at radius 3 is 1.80 bits per heavy atom. The molecule has 0 saturated heterocycles. The summed E-state index contributed by atoms with van der Waals surface area (Å²) < 4.78 is 0. The van der Waals surface area contributed by atoms with E-state index in [1.54, 1.807) is 0 Å². The number of hydrogen-bond donors (Lipinski definition) is 0. The fourth-order valence-corrected chi connectivity index (χ4v) is 5.87. The lowest BCUT2D eigenvalue weighted by molar-refractivity contribution is 1.20. The lowest BCUT2D eigenvalue weighted by Gasteiger charge is -2.33. The van der Waals surface area contributed by atoms with Crippen LogP contribution < -0.4 is 4.90 Å². The molecule has 7 aromatic rings. The number of benzene rings is 6. The Bertz CT molecular complexity index is 2050. The molecule has 41 heavy (non-hydrogen) atoms. The second-order valence-electron chi connectivity index (χ2n) is 10.3. The summed E-state index contributed by atoms with van der Waals surface area (Å²) >= 11 is 0. The quantitative estimate of drug-likeness (QED) is 0.230. The predicted octanol–water partition coefficient (Wildman–Crippen LogP) is 10.1. The number of anilines is 3. The molecule has 0 saturated carbocycles. The van der Waals surface area contributed by atoms with Gasteiger partial charge in [0, 0.05) is 16.8 Å². The molecule has 0 atom stereocenters. The molecule has 6 aromatic carbocycles. The third kappa shape index (κ3) is 3.98. The van der Waals surface area contributed by atoms with E-state index in [1.165, 1.54) is 22.3 Å². The molecule has 0 N–H and O–H groups in total. The summed E-state index contributed by atoms with van der Waals surface area (Å²) in [4.78, 5) is 12.5. The molecule has 0 spiro atoms. The number of fused-ring (bicyclic) bond motifs is 2. The van der Waals surface area contributed by atoms with Gasteiger partial charge in [-0.3, -0.25) is 0 Å². The zero-order valence-electron chi connectivity index (χ0n) is 22.3. The van der Waals surface area contributed by atoms with E-state index in [4.69, 9.17) is 9.97 Å². The molecular formula is C38H25N3. The maximum atomic E-state index is 5.14. The molecule has 0 bridgehead atoms. The second kappa shape index (κ2) is 9.58. The first kappa shape index (κ1) is 23.4. The number of para-hydroxylation sites is 1. The summed E-state index contributed by atoms with van der Waals surface area (Å²) in [6, 6.07) is 53.2. The van der Waals surface area contributed by atoms with Gasteiger partial charge in [-0.15, -0.1) is 0 Å². The van der Waals surface area contributed by atoms with Crippen molar-refractivity contribution in [3.05, 3.63) is 152 Å². The zero-order chi connectivity index (χ0) is 27.2. The van der Waals surface area contributed by atoms with Crippen molar-refractivity contribution in [3.8, 4) is 44.9 Å². The smallest absolute Gasteiger partial charge is 0.160 e. The average Bonchev–Trinajstić information content (AvgIpc) is 3.06. The van der Waals surface area contributed by atoms with E-state index in [2.05, 4.69) is 138 Å². The predicted molar refractivity (Wildman–Crippen MR) is 170 cm³/mol. The summed E-state index contributed by atoms with van der Waals surface area (Å²) in [5, 5.41) is 1.07. The summed E-state index contributed by atoms with van der Waals surface area (Å²) in [5.41, 5.74) is 12.1. The van der Waals surface area contributed by atoms with Crippen LogP contribution in [0.2, 0.25) is 0 Å². The van der Waals surface area contributed by atoms with E-state index in [0.717, 1.165) is 50.6 Å². The number of hydrogen-bond acceptors (Lipinski definition) is 3. The van der Waals surface area contributed by atoms with Crippen LogP contribution in [0.5, 0.6) is 0 Å². The molecule has 3 heteroatoms. The van der Waals surface area contributed by atoms with Gasteiger partial charge in [-0.25, -0.2) is 9.97 Å². The van der Waals surface area contributed by atoms with Crippen molar-refractivity contribution in [3.63, 3.8) is 0 Å². The molecule has 0 radical (unpaired) electrons. The van der Waals surface area contributed by atoms with Gasteiger partial charge in [-0.05, 0) is 58.7 Å². The first-order valence-electron chi connectivity index (χ1n) is 13.9. The Balaban J connectivity index is 1.30. The Labute approximate surface area is 239 Å². The van der Waals surface area contributed by atoms with E-state index < -0.39 is 0 Å². The minimum absolute atomic E-state index is 0.744. The minimum atomic E-state index is 0.744. The lowest BCUT2D eigenvalue weighted by atomic mass is 9.95. The first-order valence-corrected chi connectivity index (χ1v) is 13.9. The molecule has 1 aliphatic rings. The van der Waals surface area contributed by atoms with Crippen LogP contribution in [0.4, 0.5) is 17.1 Å². The van der Waals surface area contributed by atoms with E-state index in [-0.39, 0.29) is 0 Å². The molecule has 1 aromatic heterocycles. The Morgan fingerprint density at radius 2 is 1.00 bits per heavy atom. The zero-order valence-corrected chi connectivity index (χ0v) is 22.3. The van der Waals surface area contributed by atoms with Gasteiger partial charge < -0.3 is 4.90 Å². The molecule has 1 aliphatic heterocycles. The molecule has 0 fully saturated rings. The highest BCUT2D eigenvalue weighted by atomic mass is 15.2.